The van der Waals surface area contributed by atoms with Gasteiger partial charge in [0.1, 0.15) is 35.8 Å². The van der Waals surface area contributed by atoms with Gasteiger partial charge in [-0.15, -0.1) is 0 Å². The van der Waals surface area contributed by atoms with E-state index >= 15 is 0 Å². The van der Waals surface area contributed by atoms with Gasteiger partial charge in [-0.25, -0.2) is 9.97 Å². The molecule has 0 unspecified atom stereocenters. The molecule has 42 heavy (non-hydrogen) atoms. The van der Waals surface area contributed by atoms with Gasteiger partial charge in [-0.1, -0.05) is 44.2 Å². The van der Waals surface area contributed by atoms with Crippen molar-refractivity contribution in [1.29, 1.82) is 0 Å². The lowest BCUT2D eigenvalue weighted by Gasteiger charge is -2.27. The van der Waals surface area contributed by atoms with Crippen molar-refractivity contribution in [3.63, 3.8) is 0 Å². The highest BCUT2D eigenvalue weighted by molar-refractivity contribution is 6.01. The zero-order valence-corrected chi connectivity index (χ0v) is 23.8. The van der Waals surface area contributed by atoms with Gasteiger partial charge in [-0.05, 0) is 38.5 Å². The maximum Gasteiger partial charge on any atom is 0.273 e. The minimum absolute atomic E-state index is 0.0828. The Morgan fingerprint density at radius 1 is 1.10 bits per heavy atom. The monoisotopic (exact) mass is 579 g/mol. The molecular weight excluding hydrogens is 542 g/mol. The second kappa shape index (κ2) is 13.9. The molecule has 13 nitrogen and oxygen atoms in total. The van der Waals surface area contributed by atoms with Crippen LogP contribution in [-0.4, -0.2) is 68.4 Å². The first-order valence-corrected chi connectivity index (χ1v) is 14.1. The number of hydrogen-bond donors (Lipinski definition) is 6. The number of rotatable bonds is 6. The van der Waals surface area contributed by atoms with E-state index in [9.17, 15) is 24.3 Å². The molecule has 224 valence electrons. The molecule has 6 N–H and O–H groups in total. The number of aromatic amines is 1. The normalized spacial score (nSPS) is 21.3. The highest BCUT2D eigenvalue weighted by atomic mass is 16.3. The lowest BCUT2D eigenvalue weighted by molar-refractivity contribution is -0.133. The maximum absolute atomic E-state index is 13.5. The van der Waals surface area contributed by atoms with Gasteiger partial charge in [0.15, 0.2) is 5.69 Å². The average Bonchev–Trinajstić information content (AvgIpc) is 3.65. The molecule has 0 saturated carbocycles. The Hall–Kier alpha value is -4.52. The second-order valence-electron chi connectivity index (χ2n) is 10.8. The van der Waals surface area contributed by atoms with E-state index in [1.165, 1.54) is 19.5 Å². The van der Waals surface area contributed by atoms with E-state index in [-0.39, 0.29) is 29.6 Å². The third-order valence-electron chi connectivity index (χ3n) is 6.88. The van der Waals surface area contributed by atoms with Crippen LogP contribution in [0.5, 0.6) is 0 Å². The molecule has 2 aromatic heterocycles. The van der Waals surface area contributed by atoms with Crippen molar-refractivity contribution in [3.8, 4) is 11.3 Å². The van der Waals surface area contributed by atoms with Crippen molar-refractivity contribution in [2.24, 2.45) is 5.92 Å². The minimum atomic E-state index is -1.33. The van der Waals surface area contributed by atoms with Crippen molar-refractivity contribution in [3.05, 3.63) is 60.2 Å². The van der Waals surface area contributed by atoms with Crippen LogP contribution in [0.3, 0.4) is 0 Å². The summed E-state index contributed by atoms with van der Waals surface area (Å²) in [7, 11) is 0. The van der Waals surface area contributed by atoms with E-state index in [0.717, 1.165) is 5.56 Å². The predicted molar refractivity (Wildman–Crippen MR) is 152 cm³/mol. The van der Waals surface area contributed by atoms with Crippen molar-refractivity contribution in [1.82, 2.24) is 36.2 Å². The van der Waals surface area contributed by atoms with Crippen LogP contribution >= 0.6 is 0 Å². The highest BCUT2D eigenvalue weighted by Gasteiger charge is 2.33. The maximum atomic E-state index is 13.5. The number of hydrogen-bond acceptors (Lipinski definition) is 8. The number of nitrogens with zero attached hydrogens (tertiary/aromatic N) is 2. The molecule has 0 radical (unpaired) electrons. The predicted octanol–water partition coefficient (Wildman–Crippen LogP) is 1.85. The molecule has 3 aromatic rings. The Morgan fingerprint density at radius 2 is 1.86 bits per heavy atom. The number of aliphatic hydroxyl groups excluding tert-OH is 1. The average molecular weight is 580 g/mol. The Labute approximate surface area is 243 Å². The first-order chi connectivity index (χ1) is 20.1. The van der Waals surface area contributed by atoms with E-state index in [2.05, 4.69) is 36.2 Å². The molecule has 1 aliphatic rings. The van der Waals surface area contributed by atoms with Crippen molar-refractivity contribution in [2.45, 2.75) is 70.7 Å². The Kier molecular flexibility index (Phi) is 10.1. The Morgan fingerprint density at radius 3 is 2.57 bits per heavy atom. The van der Waals surface area contributed by atoms with Crippen LogP contribution in [0.25, 0.3) is 11.3 Å². The van der Waals surface area contributed by atoms with Crippen molar-refractivity contribution >= 4 is 23.6 Å². The number of oxazole rings is 1. The number of aliphatic hydroxyl groups is 1. The molecule has 0 aliphatic carbocycles. The van der Waals surface area contributed by atoms with Crippen molar-refractivity contribution in [2.75, 3.05) is 6.54 Å². The van der Waals surface area contributed by atoms with Gasteiger partial charge in [-0.2, -0.15) is 0 Å². The molecule has 0 fully saturated rings. The topological polar surface area (TPSA) is 191 Å². The molecular formula is C29H37N7O6. The number of imidazole rings is 1. The Balaban J connectivity index is 1.58. The van der Waals surface area contributed by atoms with E-state index in [0.29, 0.717) is 31.5 Å². The van der Waals surface area contributed by atoms with E-state index in [4.69, 9.17) is 4.42 Å². The number of amides is 4. The lowest BCUT2D eigenvalue weighted by Crippen LogP contribution is -2.57. The standard InChI is InChI=1S/C29H37N7O6/c1-16(2)13-20-29-35-21(14-42-29)25(38)30-12-8-7-11-19(26(39)36-22(17(3)37)27(40)34-20)33-28(41)24-23(31-15-32-24)18-9-5-4-6-10-18/h4-6,9-10,14-17,19-20,22,37H,7-8,11-13H2,1-3H3,(H,30,38)(H,31,32)(H,33,41)(H,34,40)(H,36,39)/t17-,19+,20+,22+/m1/s1. The Bertz CT molecular complexity index is 1380. The van der Waals surface area contributed by atoms with Gasteiger partial charge in [0, 0.05) is 12.1 Å². The third-order valence-corrected chi connectivity index (χ3v) is 6.88. The summed E-state index contributed by atoms with van der Waals surface area (Å²) in [5.74, 6) is -2.02. The molecule has 2 bridgehead atoms. The van der Waals surface area contributed by atoms with Crippen LogP contribution < -0.4 is 21.3 Å². The molecule has 13 heteroatoms. The number of carbonyl (C=O) groups excluding carboxylic acids is 4. The van der Waals surface area contributed by atoms with Crippen LogP contribution in [0.1, 0.15) is 79.4 Å². The summed E-state index contributed by atoms with van der Waals surface area (Å²) >= 11 is 0. The van der Waals surface area contributed by atoms with Gasteiger partial charge in [-0.3, -0.25) is 19.2 Å². The summed E-state index contributed by atoms with van der Waals surface area (Å²) in [5, 5.41) is 21.4. The molecule has 4 atom stereocenters. The van der Waals surface area contributed by atoms with E-state index in [1.807, 2.05) is 44.2 Å². The van der Waals surface area contributed by atoms with Crippen LogP contribution in [0.4, 0.5) is 0 Å². The number of nitrogens with one attached hydrogen (secondary N) is 5. The number of H-pyrrole nitrogens is 1. The largest absolute Gasteiger partial charge is 0.446 e. The van der Waals surface area contributed by atoms with Gasteiger partial charge >= 0.3 is 0 Å². The molecule has 1 aliphatic heterocycles. The SMILES string of the molecule is CC(C)C[C@@H]1NC(=O)[C@H]([C@@H](C)O)NC(=O)[C@@H](NC(=O)c2[nH]cnc2-c2ccccc2)CCCCNC(=O)c2coc1n2. The van der Waals surface area contributed by atoms with Crippen LogP contribution in [-0.2, 0) is 9.59 Å². The third kappa shape index (κ3) is 7.60. The highest BCUT2D eigenvalue weighted by Crippen LogP contribution is 2.22. The summed E-state index contributed by atoms with van der Waals surface area (Å²) in [6.45, 7) is 5.60. The summed E-state index contributed by atoms with van der Waals surface area (Å²) < 4.78 is 5.54. The fourth-order valence-corrected chi connectivity index (χ4v) is 4.71. The van der Waals surface area contributed by atoms with Gasteiger partial charge in [0.05, 0.1) is 12.4 Å². The molecule has 0 spiro atoms. The fraction of sp³-hybridized carbons (Fsp3) is 0.448. The fourth-order valence-electron chi connectivity index (χ4n) is 4.71. The lowest BCUT2D eigenvalue weighted by atomic mass is 10.0. The number of carbonyl (C=O) groups is 4. The smallest absolute Gasteiger partial charge is 0.273 e. The first kappa shape index (κ1) is 30.4. The molecule has 4 rings (SSSR count). The summed E-state index contributed by atoms with van der Waals surface area (Å²) in [4.78, 5) is 64.2. The summed E-state index contributed by atoms with van der Waals surface area (Å²) in [6.07, 6.45) is 2.98. The first-order valence-electron chi connectivity index (χ1n) is 14.1. The van der Waals surface area contributed by atoms with E-state index in [1.54, 1.807) is 0 Å². The van der Waals surface area contributed by atoms with Crippen LogP contribution in [0.15, 0.2) is 47.3 Å². The van der Waals surface area contributed by atoms with E-state index < -0.39 is 47.9 Å². The van der Waals surface area contributed by atoms with Crippen molar-refractivity contribution < 1.29 is 28.7 Å². The van der Waals surface area contributed by atoms with Crippen LogP contribution in [0.2, 0.25) is 0 Å². The summed E-state index contributed by atoms with van der Waals surface area (Å²) in [5.41, 5.74) is 1.41. The summed E-state index contributed by atoms with van der Waals surface area (Å²) in [6, 6.07) is 6.06. The number of fused-ring (bicyclic) bond motifs is 2. The molecule has 1 aromatic carbocycles. The molecule has 0 saturated heterocycles. The van der Waals surface area contributed by atoms with Gasteiger partial charge in [0.2, 0.25) is 17.7 Å². The number of benzene rings is 1. The minimum Gasteiger partial charge on any atom is -0.446 e. The van der Waals surface area contributed by atoms with Gasteiger partial charge in [0.25, 0.3) is 11.8 Å². The molecule has 4 amide bonds. The zero-order chi connectivity index (χ0) is 30.2. The second-order valence-corrected chi connectivity index (χ2v) is 10.8. The van der Waals surface area contributed by atoms with Crippen LogP contribution in [0, 0.1) is 5.92 Å². The quantitative estimate of drug-likeness (QED) is 0.255. The number of aromatic nitrogens is 3. The van der Waals surface area contributed by atoms with Gasteiger partial charge < -0.3 is 35.8 Å². The molecule has 3 heterocycles. The zero-order valence-electron chi connectivity index (χ0n) is 23.8.